The van der Waals surface area contributed by atoms with E-state index >= 15 is 0 Å². The van der Waals surface area contributed by atoms with Gasteiger partial charge in [0.1, 0.15) is 11.5 Å². The van der Waals surface area contributed by atoms with Crippen molar-refractivity contribution < 1.29 is 28.6 Å². The Hall–Kier alpha value is -2.81. The van der Waals surface area contributed by atoms with Crippen LogP contribution < -0.4 is 0 Å². The molecule has 27 heavy (non-hydrogen) atoms. The van der Waals surface area contributed by atoms with E-state index in [2.05, 4.69) is 5.10 Å². The van der Waals surface area contributed by atoms with Gasteiger partial charge >= 0.3 is 5.97 Å². The molecule has 2 aliphatic rings. The highest BCUT2D eigenvalue weighted by Crippen LogP contribution is 2.18. The summed E-state index contributed by atoms with van der Waals surface area (Å²) in [7, 11) is 0. The molecule has 2 heterocycles. The van der Waals surface area contributed by atoms with Crippen molar-refractivity contribution in [3.05, 3.63) is 35.6 Å². The maximum atomic E-state index is 13.0. The first kappa shape index (κ1) is 19.0. The van der Waals surface area contributed by atoms with Crippen LogP contribution in [0.3, 0.4) is 0 Å². The van der Waals surface area contributed by atoms with Gasteiger partial charge in [-0.05, 0) is 17.7 Å². The highest BCUT2D eigenvalue weighted by Gasteiger charge is 2.34. The maximum absolute atomic E-state index is 13.0. The fraction of sp³-hybridized carbons (Fsp3) is 0.444. The number of hydrogen-bond donors (Lipinski definition) is 1. The Labute approximate surface area is 155 Å². The standard InChI is InChI=1S/C18H20FN3O5/c19-13-3-1-12(2-4-13)10-22-16(23)6-5-15(20-22)18(26)21-7-8-27-11-14(21)9-17(24)25/h1-4,14H,5-11H2,(H,24,25). The quantitative estimate of drug-likeness (QED) is 0.825. The molecule has 1 atom stereocenters. The van der Waals surface area contributed by atoms with Crippen molar-refractivity contribution in [3.8, 4) is 0 Å². The molecule has 144 valence electrons. The lowest BCUT2D eigenvalue weighted by Crippen LogP contribution is -2.52. The summed E-state index contributed by atoms with van der Waals surface area (Å²) >= 11 is 0. The highest BCUT2D eigenvalue weighted by atomic mass is 19.1. The van der Waals surface area contributed by atoms with Crippen LogP contribution in [0.2, 0.25) is 0 Å². The number of halogens is 1. The molecule has 1 aromatic carbocycles. The average Bonchev–Trinajstić information content (AvgIpc) is 2.65. The second-order valence-electron chi connectivity index (χ2n) is 6.45. The molecule has 9 heteroatoms. The Morgan fingerprint density at radius 3 is 2.70 bits per heavy atom. The van der Waals surface area contributed by atoms with Crippen molar-refractivity contribution in [1.82, 2.24) is 9.91 Å². The number of rotatable bonds is 5. The lowest BCUT2D eigenvalue weighted by atomic mass is 10.1. The molecule has 1 N–H and O–H groups in total. The minimum Gasteiger partial charge on any atom is -0.481 e. The average molecular weight is 377 g/mol. The SMILES string of the molecule is O=C(O)CC1COCCN1C(=O)C1=NN(Cc2ccc(F)cc2)C(=O)CC1. The molecule has 0 saturated carbocycles. The number of carbonyl (C=O) groups excluding carboxylic acids is 2. The van der Waals surface area contributed by atoms with Gasteiger partial charge in [-0.1, -0.05) is 12.1 Å². The third-order valence-corrected chi connectivity index (χ3v) is 4.50. The number of morpholine rings is 1. The Morgan fingerprint density at radius 2 is 2.00 bits per heavy atom. The van der Waals surface area contributed by atoms with Crippen molar-refractivity contribution in [2.75, 3.05) is 19.8 Å². The molecule has 3 rings (SSSR count). The Bertz CT molecular complexity index is 765. The second kappa shape index (κ2) is 8.26. The molecule has 0 bridgehead atoms. The summed E-state index contributed by atoms with van der Waals surface area (Å²) in [4.78, 5) is 37.5. The summed E-state index contributed by atoms with van der Waals surface area (Å²) in [5.74, 6) is -1.98. The zero-order chi connectivity index (χ0) is 19.4. The van der Waals surface area contributed by atoms with Crippen LogP contribution in [0.25, 0.3) is 0 Å². The topological polar surface area (TPSA) is 99.5 Å². The number of hydrogen-bond acceptors (Lipinski definition) is 5. The van der Waals surface area contributed by atoms with Gasteiger partial charge in [0.25, 0.3) is 5.91 Å². The van der Waals surface area contributed by atoms with Crippen LogP contribution in [0.5, 0.6) is 0 Å². The number of ether oxygens (including phenoxy) is 1. The normalized spacial score (nSPS) is 20.4. The molecule has 1 saturated heterocycles. The van der Waals surface area contributed by atoms with Crippen molar-refractivity contribution in [1.29, 1.82) is 0 Å². The van der Waals surface area contributed by atoms with Crippen LogP contribution in [-0.4, -0.2) is 64.3 Å². The van der Waals surface area contributed by atoms with Crippen molar-refractivity contribution in [2.24, 2.45) is 5.10 Å². The summed E-state index contributed by atoms with van der Waals surface area (Å²) < 4.78 is 18.3. The Morgan fingerprint density at radius 1 is 1.26 bits per heavy atom. The van der Waals surface area contributed by atoms with E-state index in [0.29, 0.717) is 12.2 Å². The van der Waals surface area contributed by atoms with Crippen LogP contribution in [-0.2, 0) is 25.7 Å². The van der Waals surface area contributed by atoms with Gasteiger partial charge < -0.3 is 14.7 Å². The summed E-state index contributed by atoms with van der Waals surface area (Å²) in [6.45, 7) is 0.899. The molecule has 2 amide bonds. The van der Waals surface area contributed by atoms with Crippen LogP contribution in [0.15, 0.2) is 29.4 Å². The fourth-order valence-corrected chi connectivity index (χ4v) is 3.10. The van der Waals surface area contributed by atoms with Crippen LogP contribution >= 0.6 is 0 Å². The number of amides is 2. The lowest BCUT2D eigenvalue weighted by Gasteiger charge is -2.36. The van der Waals surface area contributed by atoms with E-state index in [-0.39, 0.29) is 62.3 Å². The zero-order valence-corrected chi connectivity index (χ0v) is 14.6. The highest BCUT2D eigenvalue weighted by molar-refractivity contribution is 6.39. The van der Waals surface area contributed by atoms with E-state index in [1.807, 2.05) is 0 Å². The number of benzene rings is 1. The minimum atomic E-state index is -1.01. The first-order valence-electron chi connectivity index (χ1n) is 8.67. The molecular weight excluding hydrogens is 357 g/mol. The number of aliphatic carboxylic acids is 1. The predicted molar refractivity (Wildman–Crippen MR) is 92.2 cm³/mol. The predicted octanol–water partition coefficient (Wildman–Crippen LogP) is 1.01. The van der Waals surface area contributed by atoms with E-state index in [9.17, 15) is 18.8 Å². The molecule has 0 aromatic heterocycles. The van der Waals surface area contributed by atoms with Gasteiger partial charge in [-0.15, -0.1) is 0 Å². The molecule has 8 nitrogen and oxygen atoms in total. The fourth-order valence-electron chi connectivity index (χ4n) is 3.10. The molecule has 1 unspecified atom stereocenters. The maximum Gasteiger partial charge on any atom is 0.305 e. The van der Waals surface area contributed by atoms with Crippen LogP contribution in [0.1, 0.15) is 24.8 Å². The molecule has 0 radical (unpaired) electrons. The molecule has 1 fully saturated rings. The summed E-state index contributed by atoms with van der Waals surface area (Å²) in [6.07, 6.45) is 0.131. The molecule has 0 spiro atoms. The monoisotopic (exact) mass is 377 g/mol. The van der Waals surface area contributed by atoms with Crippen molar-refractivity contribution in [3.63, 3.8) is 0 Å². The third kappa shape index (κ3) is 4.68. The molecule has 1 aromatic rings. The first-order valence-corrected chi connectivity index (χ1v) is 8.67. The van der Waals surface area contributed by atoms with E-state index in [4.69, 9.17) is 9.84 Å². The number of nitrogens with zero attached hydrogens (tertiary/aromatic N) is 3. The van der Waals surface area contributed by atoms with E-state index < -0.39 is 12.0 Å². The van der Waals surface area contributed by atoms with Crippen LogP contribution in [0, 0.1) is 5.82 Å². The van der Waals surface area contributed by atoms with E-state index in [1.54, 1.807) is 12.1 Å². The van der Waals surface area contributed by atoms with Gasteiger partial charge in [-0.2, -0.15) is 5.10 Å². The largest absolute Gasteiger partial charge is 0.481 e. The number of carboxylic acid groups (broad SMARTS) is 1. The Kier molecular flexibility index (Phi) is 5.80. The lowest BCUT2D eigenvalue weighted by molar-refractivity contribution is -0.143. The van der Waals surface area contributed by atoms with Gasteiger partial charge in [0.2, 0.25) is 5.91 Å². The third-order valence-electron chi connectivity index (χ3n) is 4.50. The molecule has 2 aliphatic heterocycles. The number of carboxylic acids is 1. The second-order valence-corrected chi connectivity index (χ2v) is 6.45. The number of carbonyl (C=O) groups is 3. The summed E-state index contributed by atoms with van der Waals surface area (Å²) in [6, 6.07) is 5.14. The van der Waals surface area contributed by atoms with Gasteiger partial charge in [0.15, 0.2) is 0 Å². The summed E-state index contributed by atoms with van der Waals surface area (Å²) in [5, 5.41) is 14.4. The van der Waals surface area contributed by atoms with Crippen molar-refractivity contribution >= 4 is 23.5 Å². The van der Waals surface area contributed by atoms with E-state index in [0.717, 1.165) is 0 Å². The molecule has 0 aliphatic carbocycles. The summed E-state index contributed by atoms with van der Waals surface area (Å²) in [5.41, 5.74) is 0.909. The minimum absolute atomic E-state index is 0.136. The van der Waals surface area contributed by atoms with Crippen LogP contribution in [0.4, 0.5) is 4.39 Å². The van der Waals surface area contributed by atoms with Crippen molar-refractivity contribution in [2.45, 2.75) is 31.8 Å². The van der Waals surface area contributed by atoms with Gasteiger partial charge in [0, 0.05) is 19.4 Å². The Balaban J connectivity index is 1.75. The zero-order valence-electron chi connectivity index (χ0n) is 14.6. The first-order chi connectivity index (χ1) is 12.9. The van der Waals surface area contributed by atoms with Gasteiger partial charge in [-0.3, -0.25) is 14.4 Å². The molecular formula is C18H20FN3O5. The van der Waals surface area contributed by atoms with Gasteiger partial charge in [0.05, 0.1) is 32.2 Å². The van der Waals surface area contributed by atoms with Gasteiger partial charge in [-0.25, -0.2) is 9.40 Å². The van der Waals surface area contributed by atoms with E-state index in [1.165, 1.54) is 22.0 Å². The number of hydrazone groups is 1. The smallest absolute Gasteiger partial charge is 0.305 e.